The van der Waals surface area contributed by atoms with Gasteiger partial charge >= 0.3 is 0 Å². The molecule has 1 atom stereocenters. The molecule has 0 radical (unpaired) electrons. The number of hydrogen-bond acceptors (Lipinski definition) is 4. The van der Waals surface area contributed by atoms with Crippen molar-refractivity contribution in [3.8, 4) is 0 Å². The molecule has 1 unspecified atom stereocenters. The maximum Gasteiger partial charge on any atom is 0.102 e. The first-order chi connectivity index (χ1) is 8.68. The van der Waals surface area contributed by atoms with Gasteiger partial charge in [-0.3, -0.25) is 0 Å². The predicted molar refractivity (Wildman–Crippen MR) is 71.7 cm³/mol. The van der Waals surface area contributed by atoms with Crippen molar-refractivity contribution < 1.29 is 23.8 Å². The fraction of sp³-hybridized carbons (Fsp3) is 1.00. The van der Waals surface area contributed by atoms with Crippen molar-refractivity contribution in [1.82, 2.24) is 0 Å². The van der Waals surface area contributed by atoms with Gasteiger partial charge in [0, 0.05) is 13.7 Å². The molecule has 5 heteroatoms. The third-order valence-corrected chi connectivity index (χ3v) is 2.97. The minimum Gasteiger partial charge on any atom is -0.391 e. The van der Waals surface area contributed by atoms with Gasteiger partial charge in [-0.1, -0.05) is 6.92 Å². The van der Waals surface area contributed by atoms with Crippen molar-refractivity contribution in [1.29, 1.82) is 0 Å². The highest BCUT2D eigenvalue weighted by Gasteiger charge is 2.20. The standard InChI is InChI=1S/C13H30NO4/c1-4-9-17-12-13-18-11-7-14(2,5-8-15)6-10-16-3/h15H,4-13H2,1-3H3/q+1. The molecule has 0 aromatic rings. The SMILES string of the molecule is CCCOCCOCC[N+](C)(CCO)CCOC. The lowest BCUT2D eigenvalue weighted by Crippen LogP contribution is -2.50. The monoisotopic (exact) mass is 264 g/mol. The lowest BCUT2D eigenvalue weighted by Gasteiger charge is -2.33. The van der Waals surface area contributed by atoms with Gasteiger partial charge < -0.3 is 23.8 Å². The molecule has 0 aliphatic heterocycles. The highest BCUT2D eigenvalue weighted by molar-refractivity contribution is 4.41. The Labute approximate surface area is 111 Å². The predicted octanol–water partition coefficient (Wildman–Crippen LogP) is 0.515. The molecule has 0 heterocycles. The maximum atomic E-state index is 9.08. The number of likely N-dealkylation sites (N-methyl/N-ethyl adjacent to an activating group) is 1. The number of aliphatic hydroxyl groups is 1. The molecule has 0 bridgehead atoms. The summed E-state index contributed by atoms with van der Waals surface area (Å²) in [5.41, 5.74) is 0. The first-order valence-corrected chi connectivity index (χ1v) is 6.77. The van der Waals surface area contributed by atoms with Crippen LogP contribution >= 0.6 is 0 Å². The van der Waals surface area contributed by atoms with Crippen LogP contribution < -0.4 is 0 Å². The van der Waals surface area contributed by atoms with Crippen molar-refractivity contribution in [2.24, 2.45) is 0 Å². The Morgan fingerprint density at radius 2 is 1.50 bits per heavy atom. The number of aliphatic hydroxyl groups excluding tert-OH is 1. The molecule has 0 spiro atoms. The minimum absolute atomic E-state index is 0.194. The van der Waals surface area contributed by atoms with Crippen molar-refractivity contribution in [3.63, 3.8) is 0 Å². The first kappa shape index (κ1) is 17.8. The number of hydrogen-bond donors (Lipinski definition) is 1. The number of ether oxygens (including phenoxy) is 3. The van der Waals surface area contributed by atoms with E-state index in [1.165, 1.54) is 0 Å². The Morgan fingerprint density at radius 3 is 2.06 bits per heavy atom. The molecule has 0 aliphatic carbocycles. The maximum absolute atomic E-state index is 9.08. The summed E-state index contributed by atoms with van der Waals surface area (Å²) in [6.45, 7) is 8.30. The zero-order valence-corrected chi connectivity index (χ0v) is 12.2. The van der Waals surface area contributed by atoms with Crippen LogP contribution in [0.4, 0.5) is 0 Å². The quantitative estimate of drug-likeness (QED) is 0.389. The number of nitrogens with zero attached hydrogens (tertiary/aromatic N) is 1. The van der Waals surface area contributed by atoms with Gasteiger partial charge in [-0.15, -0.1) is 0 Å². The van der Waals surface area contributed by atoms with Gasteiger partial charge in [-0.25, -0.2) is 0 Å². The number of rotatable bonds is 13. The van der Waals surface area contributed by atoms with E-state index in [1.54, 1.807) is 7.11 Å². The van der Waals surface area contributed by atoms with E-state index in [2.05, 4.69) is 14.0 Å². The van der Waals surface area contributed by atoms with Crippen LogP contribution in [-0.2, 0) is 14.2 Å². The van der Waals surface area contributed by atoms with Crippen molar-refractivity contribution in [2.45, 2.75) is 13.3 Å². The van der Waals surface area contributed by atoms with Crippen LogP contribution in [0.25, 0.3) is 0 Å². The van der Waals surface area contributed by atoms with Gasteiger partial charge in [0.2, 0.25) is 0 Å². The van der Waals surface area contributed by atoms with Crippen LogP contribution in [0.1, 0.15) is 13.3 Å². The number of quaternary nitrogens is 1. The van der Waals surface area contributed by atoms with Gasteiger partial charge in [0.15, 0.2) is 0 Å². The summed E-state index contributed by atoms with van der Waals surface area (Å²) >= 11 is 0. The number of methoxy groups -OCH3 is 1. The van der Waals surface area contributed by atoms with Gasteiger partial charge in [0.25, 0.3) is 0 Å². The van der Waals surface area contributed by atoms with E-state index in [1.807, 2.05) is 0 Å². The second-order valence-electron chi connectivity index (χ2n) is 4.73. The van der Waals surface area contributed by atoms with Crippen LogP contribution in [0, 0.1) is 0 Å². The molecule has 5 nitrogen and oxygen atoms in total. The lowest BCUT2D eigenvalue weighted by atomic mass is 10.3. The molecular weight excluding hydrogens is 234 g/mol. The summed E-state index contributed by atoms with van der Waals surface area (Å²) < 4.78 is 16.8. The van der Waals surface area contributed by atoms with Crippen LogP contribution in [-0.4, -0.2) is 83.0 Å². The highest BCUT2D eigenvalue weighted by Crippen LogP contribution is 2.01. The highest BCUT2D eigenvalue weighted by atomic mass is 16.5. The fourth-order valence-corrected chi connectivity index (χ4v) is 1.64. The molecule has 0 fully saturated rings. The van der Waals surface area contributed by atoms with Crippen molar-refractivity contribution in [2.75, 3.05) is 73.4 Å². The average Bonchev–Trinajstić information content (AvgIpc) is 2.36. The lowest BCUT2D eigenvalue weighted by molar-refractivity contribution is -0.910. The van der Waals surface area contributed by atoms with Gasteiger partial charge in [0.05, 0.1) is 40.1 Å². The topological polar surface area (TPSA) is 47.9 Å². The van der Waals surface area contributed by atoms with E-state index in [9.17, 15) is 0 Å². The molecular formula is C13H30NO4+. The Hall–Kier alpha value is -0.200. The summed E-state index contributed by atoms with van der Waals surface area (Å²) in [6, 6.07) is 0. The second kappa shape index (κ2) is 11.9. The molecule has 18 heavy (non-hydrogen) atoms. The molecule has 0 aromatic heterocycles. The average molecular weight is 264 g/mol. The van der Waals surface area contributed by atoms with Crippen LogP contribution in [0.5, 0.6) is 0 Å². The van der Waals surface area contributed by atoms with Crippen molar-refractivity contribution in [3.05, 3.63) is 0 Å². The Bertz CT molecular complexity index is 180. The summed E-state index contributed by atoms with van der Waals surface area (Å²) in [6.07, 6.45) is 1.04. The van der Waals surface area contributed by atoms with E-state index in [0.717, 1.165) is 37.1 Å². The molecule has 0 aliphatic rings. The fourth-order valence-electron chi connectivity index (χ4n) is 1.64. The molecule has 0 aromatic carbocycles. The molecule has 0 amide bonds. The molecule has 0 saturated heterocycles. The van der Waals surface area contributed by atoms with Crippen LogP contribution in [0.2, 0.25) is 0 Å². The van der Waals surface area contributed by atoms with Gasteiger partial charge in [-0.05, 0) is 6.42 Å². The summed E-state index contributed by atoms with van der Waals surface area (Å²) in [5.74, 6) is 0. The third-order valence-electron chi connectivity index (χ3n) is 2.97. The van der Waals surface area contributed by atoms with Crippen LogP contribution in [0.15, 0.2) is 0 Å². The van der Waals surface area contributed by atoms with Crippen molar-refractivity contribution >= 4 is 0 Å². The largest absolute Gasteiger partial charge is 0.391 e. The third kappa shape index (κ3) is 9.79. The summed E-state index contributed by atoms with van der Waals surface area (Å²) in [5, 5.41) is 9.08. The van der Waals surface area contributed by atoms with E-state index in [-0.39, 0.29) is 6.61 Å². The van der Waals surface area contributed by atoms with E-state index in [4.69, 9.17) is 19.3 Å². The molecule has 0 saturated carbocycles. The zero-order valence-electron chi connectivity index (χ0n) is 12.2. The summed E-state index contributed by atoms with van der Waals surface area (Å²) in [7, 11) is 3.82. The molecule has 110 valence electrons. The smallest absolute Gasteiger partial charge is 0.102 e. The Morgan fingerprint density at radius 1 is 0.889 bits per heavy atom. The minimum atomic E-state index is 0.194. The van der Waals surface area contributed by atoms with Gasteiger partial charge in [-0.2, -0.15) is 0 Å². The Kier molecular flexibility index (Phi) is 11.7. The van der Waals surface area contributed by atoms with E-state index < -0.39 is 0 Å². The zero-order chi connectivity index (χ0) is 13.7. The van der Waals surface area contributed by atoms with Crippen LogP contribution in [0.3, 0.4) is 0 Å². The molecule has 0 rings (SSSR count). The Balaban J connectivity index is 3.62. The van der Waals surface area contributed by atoms with Gasteiger partial charge in [0.1, 0.15) is 19.6 Å². The van der Waals surface area contributed by atoms with E-state index in [0.29, 0.717) is 26.4 Å². The second-order valence-corrected chi connectivity index (χ2v) is 4.73. The van der Waals surface area contributed by atoms with E-state index >= 15 is 0 Å². The summed E-state index contributed by atoms with van der Waals surface area (Å²) in [4.78, 5) is 0. The molecule has 1 N–H and O–H groups in total. The normalized spacial score (nSPS) is 14.7. The first-order valence-electron chi connectivity index (χ1n) is 6.77.